The number of carbonyl (C=O) groups is 2. The lowest BCUT2D eigenvalue weighted by Crippen LogP contribution is -2.52. The molecule has 0 bridgehead atoms. The van der Waals surface area contributed by atoms with Gasteiger partial charge < -0.3 is 15.5 Å². The largest absolute Gasteiger partial charge is 0.358 e. The van der Waals surface area contributed by atoms with Crippen molar-refractivity contribution >= 4 is 11.8 Å². The molecule has 114 valence electrons. The maximum atomic E-state index is 12.4. The van der Waals surface area contributed by atoms with Crippen LogP contribution in [0.2, 0.25) is 0 Å². The normalized spacial score (nSPS) is 25.1. The van der Waals surface area contributed by atoms with Crippen LogP contribution in [-0.4, -0.2) is 74.0 Å². The topological polar surface area (TPSA) is 64.7 Å². The molecule has 2 N–H and O–H groups in total. The summed E-state index contributed by atoms with van der Waals surface area (Å²) in [5.41, 5.74) is 0. The van der Waals surface area contributed by atoms with Gasteiger partial charge in [-0.15, -0.1) is 0 Å². The first-order chi connectivity index (χ1) is 9.72. The third-order valence-corrected chi connectivity index (χ3v) is 4.19. The summed E-state index contributed by atoms with van der Waals surface area (Å²) in [6, 6.07) is -0.136. The molecule has 2 fully saturated rings. The summed E-state index contributed by atoms with van der Waals surface area (Å²) < 4.78 is 0. The van der Waals surface area contributed by atoms with Gasteiger partial charge in [0.2, 0.25) is 11.8 Å². The smallest absolute Gasteiger partial charge is 0.237 e. The number of carbonyl (C=O) groups excluding carboxylic acids is 2. The first kappa shape index (κ1) is 15.3. The van der Waals surface area contributed by atoms with Crippen molar-refractivity contribution in [2.24, 2.45) is 0 Å². The predicted molar refractivity (Wildman–Crippen MR) is 77.3 cm³/mol. The maximum Gasteiger partial charge on any atom is 0.237 e. The van der Waals surface area contributed by atoms with Crippen LogP contribution in [0.1, 0.15) is 25.7 Å². The highest BCUT2D eigenvalue weighted by molar-refractivity contribution is 5.83. The lowest BCUT2D eigenvalue weighted by Gasteiger charge is -2.35. The van der Waals surface area contributed by atoms with Crippen LogP contribution >= 0.6 is 0 Å². The standard InChI is InChI=1S/C14H26N4O2/c1-15-14(20)12-5-2-3-8-18(12)11-13(19)17-9-4-6-16-7-10-17/h12,16H,2-11H2,1H3,(H,15,20). The monoisotopic (exact) mass is 282 g/mol. The highest BCUT2D eigenvalue weighted by Crippen LogP contribution is 2.17. The third kappa shape index (κ3) is 3.93. The maximum absolute atomic E-state index is 12.4. The Morgan fingerprint density at radius 2 is 2.00 bits per heavy atom. The predicted octanol–water partition coefficient (Wildman–Crippen LogP) is -0.591. The minimum absolute atomic E-state index is 0.0371. The van der Waals surface area contributed by atoms with Crippen molar-refractivity contribution in [1.29, 1.82) is 0 Å². The van der Waals surface area contributed by atoms with E-state index in [1.807, 2.05) is 9.80 Å². The van der Waals surface area contributed by atoms with Gasteiger partial charge in [0.15, 0.2) is 0 Å². The molecule has 20 heavy (non-hydrogen) atoms. The Morgan fingerprint density at radius 3 is 2.80 bits per heavy atom. The van der Waals surface area contributed by atoms with E-state index in [0.29, 0.717) is 6.54 Å². The van der Waals surface area contributed by atoms with E-state index in [-0.39, 0.29) is 17.9 Å². The van der Waals surface area contributed by atoms with Gasteiger partial charge in [0.1, 0.15) is 0 Å². The van der Waals surface area contributed by atoms with E-state index in [1.54, 1.807) is 7.05 Å². The van der Waals surface area contributed by atoms with Gasteiger partial charge >= 0.3 is 0 Å². The Hall–Kier alpha value is -1.14. The fourth-order valence-corrected chi connectivity index (χ4v) is 3.01. The van der Waals surface area contributed by atoms with Gasteiger partial charge in [-0.2, -0.15) is 0 Å². The highest BCUT2D eigenvalue weighted by Gasteiger charge is 2.30. The zero-order chi connectivity index (χ0) is 14.4. The van der Waals surface area contributed by atoms with Crippen molar-refractivity contribution in [3.8, 4) is 0 Å². The molecule has 6 heteroatoms. The third-order valence-electron chi connectivity index (χ3n) is 4.19. The summed E-state index contributed by atoms with van der Waals surface area (Å²) in [5.74, 6) is 0.194. The fourth-order valence-electron chi connectivity index (χ4n) is 3.01. The molecule has 2 saturated heterocycles. The molecule has 1 unspecified atom stereocenters. The molecule has 0 saturated carbocycles. The van der Waals surface area contributed by atoms with Crippen LogP contribution in [0.4, 0.5) is 0 Å². The quantitative estimate of drug-likeness (QED) is 0.726. The molecule has 2 aliphatic rings. The van der Waals surface area contributed by atoms with E-state index in [4.69, 9.17) is 0 Å². The molecule has 2 amide bonds. The summed E-state index contributed by atoms with van der Waals surface area (Å²) >= 11 is 0. The van der Waals surface area contributed by atoms with Crippen molar-refractivity contribution < 1.29 is 9.59 Å². The summed E-state index contributed by atoms with van der Waals surface area (Å²) in [5, 5.41) is 6.01. The number of nitrogens with zero attached hydrogens (tertiary/aromatic N) is 2. The Morgan fingerprint density at radius 1 is 1.15 bits per heavy atom. The Kier molecular flexibility index (Phi) is 5.79. The van der Waals surface area contributed by atoms with Gasteiger partial charge in [0.25, 0.3) is 0 Å². The minimum Gasteiger partial charge on any atom is -0.358 e. The molecule has 0 radical (unpaired) electrons. The second-order valence-corrected chi connectivity index (χ2v) is 5.58. The number of hydrogen-bond acceptors (Lipinski definition) is 4. The second-order valence-electron chi connectivity index (χ2n) is 5.58. The Labute approximate surface area is 120 Å². The van der Waals surface area contributed by atoms with Crippen molar-refractivity contribution in [3.63, 3.8) is 0 Å². The van der Waals surface area contributed by atoms with Gasteiger partial charge in [-0.25, -0.2) is 0 Å². The number of amides is 2. The lowest BCUT2D eigenvalue weighted by molar-refractivity contribution is -0.135. The van der Waals surface area contributed by atoms with Gasteiger partial charge in [0, 0.05) is 26.7 Å². The van der Waals surface area contributed by atoms with Crippen LogP contribution in [0.25, 0.3) is 0 Å². The summed E-state index contributed by atoms with van der Waals surface area (Å²) in [7, 11) is 1.66. The number of likely N-dealkylation sites (N-methyl/N-ethyl adjacent to an activating group) is 1. The van der Waals surface area contributed by atoms with Crippen molar-refractivity contribution in [1.82, 2.24) is 20.4 Å². The van der Waals surface area contributed by atoms with Crippen LogP contribution < -0.4 is 10.6 Å². The number of hydrogen-bond donors (Lipinski definition) is 2. The lowest BCUT2D eigenvalue weighted by atomic mass is 10.0. The number of rotatable bonds is 3. The van der Waals surface area contributed by atoms with Gasteiger partial charge in [0.05, 0.1) is 12.6 Å². The highest BCUT2D eigenvalue weighted by atomic mass is 16.2. The number of piperidine rings is 1. The van der Waals surface area contributed by atoms with Crippen LogP contribution in [0.5, 0.6) is 0 Å². The average Bonchev–Trinajstić information content (AvgIpc) is 2.76. The summed E-state index contributed by atoms with van der Waals surface area (Å²) in [6.45, 7) is 4.66. The molecule has 6 nitrogen and oxygen atoms in total. The number of likely N-dealkylation sites (tertiary alicyclic amines) is 1. The van der Waals surface area contributed by atoms with Crippen LogP contribution in [-0.2, 0) is 9.59 Å². The molecule has 2 aliphatic heterocycles. The fraction of sp³-hybridized carbons (Fsp3) is 0.857. The van der Waals surface area contributed by atoms with E-state index in [9.17, 15) is 9.59 Å². The average molecular weight is 282 g/mol. The molecular weight excluding hydrogens is 256 g/mol. The van der Waals surface area contributed by atoms with Gasteiger partial charge in [-0.3, -0.25) is 14.5 Å². The molecular formula is C14H26N4O2. The summed E-state index contributed by atoms with van der Waals surface area (Å²) in [4.78, 5) is 28.3. The van der Waals surface area contributed by atoms with E-state index < -0.39 is 0 Å². The van der Waals surface area contributed by atoms with Crippen molar-refractivity contribution in [2.45, 2.75) is 31.7 Å². The SMILES string of the molecule is CNC(=O)C1CCCCN1CC(=O)N1CCCNCC1. The zero-order valence-electron chi connectivity index (χ0n) is 12.4. The van der Waals surface area contributed by atoms with Crippen LogP contribution in [0.3, 0.4) is 0 Å². The Balaban J connectivity index is 1.91. The number of nitrogens with one attached hydrogen (secondary N) is 2. The molecule has 0 aromatic heterocycles. The second kappa shape index (κ2) is 7.59. The first-order valence-corrected chi connectivity index (χ1v) is 7.66. The Bertz CT molecular complexity index is 340. The molecule has 0 aromatic carbocycles. The van der Waals surface area contributed by atoms with E-state index >= 15 is 0 Å². The van der Waals surface area contributed by atoms with Crippen molar-refractivity contribution in [2.75, 3.05) is 46.3 Å². The summed E-state index contributed by atoms with van der Waals surface area (Å²) in [6.07, 6.45) is 4.00. The van der Waals surface area contributed by atoms with E-state index in [2.05, 4.69) is 10.6 Å². The minimum atomic E-state index is -0.136. The van der Waals surface area contributed by atoms with E-state index in [0.717, 1.165) is 58.4 Å². The molecule has 0 spiro atoms. The first-order valence-electron chi connectivity index (χ1n) is 7.66. The van der Waals surface area contributed by atoms with Crippen molar-refractivity contribution in [3.05, 3.63) is 0 Å². The molecule has 1 atom stereocenters. The van der Waals surface area contributed by atoms with Crippen LogP contribution in [0, 0.1) is 0 Å². The molecule has 2 rings (SSSR count). The van der Waals surface area contributed by atoms with Crippen LogP contribution in [0.15, 0.2) is 0 Å². The zero-order valence-corrected chi connectivity index (χ0v) is 12.4. The molecule has 0 aromatic rings. The van der Waals surface area contributed by atoms with Gasteiger partial charge in [-0.1, -0.05) is 6.42 Å². The van der Waals surface area contributed by atoms with E-state index in [1.165, 1.54) is 0 Å². The molecule has 0 aliphatic carbocycles. The van der Waals surface area contributed by atoms with Gasteiger partial charge in [-0.05, 0) is 32.4 Å². The molecule has 2 heterocycles.